The van der Waals surface area contributed by atoms with Gasteiger partial charge in [0.05, 0.1) is 25.4 Å². The monoisotopic (exact) mass is 660 g/mol. The van der Waals surface area contributed by atoms with Gasteiger partial charge in [-0.3, -0.25) is 4.79 Å². The number of unbranched alkanes of at least 4 members (excludes halogenated alkanes) is 21. The quantitative estimate of drug-likeness (QED) is 0.0466. The molecule has 7 atom stereocenters. The van der Waals surface area contributed by atoms with Crippen molar-refractivity contribution < 1.29 is 39.8 Å². The van der Waals surface area contributed by atoms with E-state index >= 15 is 0 Å². The Labute approximate surface area is 281 Å². The molecule has 1 aliphatic heterocycles. The number of amides is 1. The summed E-state index contributed by atoms with van der Waals surface area (Å²) < 4.78 is 11.2. The number of nitrogens with one attached hydrogen (secondary N) is 1. The number of hydrogen-bond acceptors (Lipinski definition) is 8. The van der Waals surface area contributed by atoms with Crippen LogP contribution in [0.25, 0.3) is 0 Å². The van der Waals surface area contributed by atoms with E-state index in [1.54, 1.807) is 0 Å². The molecule has 1 fully saturated rings. The molecule has 46 heavy (non-hydrogen) atoms. The van der Waals surface area contributed by atoms with Crippen LogP contribution < -0.4 is 5.32 Å². The van der Waals surface area contributed by atoms with Crippen LogP contribution in [-0.2, 0) is 14.3 Å². The highest BCUT2D eigenvalue weighted by Gasteiger charge is 2.44. The molecule has 0 aromatic carbocycles. The van der Waals surface area contributed by atoms with Crippen molar-refractivity contribution in [2.75, 3.05) is 13.2 Å². The Bertz CT molecular complexity index is 696. The normalized spacial score (nSPS) is 23.0. The van der Waals surface area contributed by atoms with Gasteiger partial charge < -0.3 is 40.3 Å². The Morgan fingerprint density at radius 1 is 0.652 bits per heavy atom. The van der Waals surface area contributed by atoms with Crippen molar-refractivity contribution in [1.29, 1.82) is 0 Å². The topological polar surface area (TPSA) is 149 Å². The molecule has 0 spiro atoms. The van der Waals surface area contributed by atoms with Crippen LogP contribution in [-0.4, -0.2) is 87.5 Å². The molecule has 274 valence electrons. The lowest BCUT2D eigenvalue weighted by atomic mass is 9.99. The molecule has 9 heteroatoms. The van der Waals surface area contributed by atoms with E-state index in [2.05, 4.69) is 19.2 Å². The van der Waals surface area contributed by atoms with Crippen LogP contribution in [0.15, 0.2) is 0 Å². The zero-order valence-electron chi connectivity index (χ0n) is 29.6. The predicted molar refractivity (Wildman–Crippen MR) is 184 cm³/mol. The van der Waals surface area contributed by atoms with Crippen LogP contribution in [0.5, 0.6) is 0 Å². The van der Waals surface area contributed by atoms with E-state index in [-0.39, 0.29) is 12.5 Å². The van der Waals surface area contributed by atoms with Gasteiger partial charge >= 0.3 is 0 Å². The summed E-state index contributed by atoms with van der Waals surface area (Å²) in [4.78, 5) is 12.8. The second-order valence-electron chi connectivity index (χ2n) is 13.7. The van der Waals surface area contributed by atoms with Gasteiger partial charge in [0, 0.05) is 6.42 Å². The number of aliphatic hydroxyl groups excluding tert-OH is 5. The van der Waals surface area contributed by atoms with Crippen molar-refractivity contribution in [2.24, 2.45) is 0 Å². The Morgan fingerprint density at radius 3 is 1.54 bits per heavy atom. The summed E-state index contributed by atoms with van der Waals surface area (Å²) in [6, 6.07) is -0.708. The predicted octanol–water partition coefficient (Wildman–Crippen LogP) is 6.44. The van der Waals surface area contributed by atoms with Crippen LogP contribution in [0, 0.1) is 0 Å². The fourth-order valence-corrected chi connectivity index (χ4v) is 6.28. The summed E-state index contributed by atoms with van der Waals surface area (Å²) >= 11 is 0. The first-order valence-corrected chi connectivity index (χ1v) is 19.2. The maximum absolute atomic E-state index is 12.8. The van der Waals surface area contributed by atoms with Gasteiger partial charge in [0.1, 0.15) is 24.4 Å². The molecule has 9 nitrogen and oxygen atoms in total. The maximum Gasteiger partial charge on any atom is 0.220 e. The van der Waals surface area contributed by atoms with Gasteiger partial charge in [-0.1, -0.05) is 155 Å². The van der Waals surface area contributed by atoms with Crippen LogP contribution in [0.2, 0.25) is 0 Å². The van der Waals surface area contributed by atoms with Gasteiger partial charge in [0.15, 0.2) is 6.29 Å². The molecule has 1 amide bonds. The molecule has 1 saturated heterocycles. The van der Waals surface area contributed by atoms with E-state index in [0.29, 0.717) is 12.8 Å². The minimum Gasteiger partial charge on any atom is -0.394 e. The van der Waals surface area contributed by atoms with Crippen LogP contribution in [0.3, 0.4) is 0 Å². The van der Waals surface area contributed by atoms with Crippen molar-refractivity contribution in [2.45, 2.75) is 217 Å². The summed E-state index contributed by atoms with van der Waals surface area (Å²) in [5, 5.41) is 53.9. The van der Waals surface area contributed by atoms with E-state index in [4.69, 9.17) is 9.47 Å². The van der Waals surface area contributed by atoms with Gasteiger partial charge in [-0.25, -0.2) is 0 Å². The van der Waals surface area contributed by atoms with Crippen LogP contribution in [0.4, 0.5) is 0 Å². The minimum absolute atomic E-state index is 0.133. The molecule has 0 radical (unpaired) electrons. The molecular formula is C37H73NO8. The van der Waals surface area contributed by atoms with Gasteiger partial charge in [-0.2, -0.15) is 0 Å². The molecule has 2 unspecified atom stereocenters. The number of aliphatic hydroxyl groups is 5. The zero-order valence-corrected chi connectivity index (χ0v) is 29.6. The minimum atomic E-state index is -1.55. The van der Waals surface area contributed by atoms with Crippen molar-refractivity contribution in [3.05, 3.63) is 0 Å². The third-order valence-electron chi connectivity index (χ3n) is 9.46. The smallest absolute Gasteiger partial charge is 0.220 e. The number of carbonyl (C=O) groups excluding carboxylic acids is 1. The van der Waals surface area contributed by atoms with E-state index in [1.807, 2.05) is 0 Å². The van der Waals surface area contributed by atoms with Crippen molar-refractivity contribution in [1.82, 2.24) is 5.32 Å². The maximum atomic E-state index is 12.8. The van der Waals surface area contributed by atoms with E-state index in [1.165, 1.54) is 109 Å². The second kappa shape index (κ2) is 29.1. The molecule has 0 bridgehead atoms. The fourth-order valence-electron chi connectivity index (χ4n) is 6.28. The molecule has 6 N–H and O–H groups in total. The number of hydrogen-bond donors (Lipinski definition) is 6. The average molecular weight is 660 g/mol. The third kappa shape index (κ3) is 20.5. The molecular weight excluding hydrogens is 586 g/mol. The Balaban J connectivity index is 2.41. The van der Waals surface area contributed by atoms with Crippen LogP contribution >= 0.6 is 0 Å². The first-order valence-electron chi connectivity index (χ1n) is 19.2. The molecule has 1 aliphatic rings. The molecule has 0 aromatic rings. The second-order valence-corrected chi connectivity index (χ2v) is 13.7. The summed E-state index contributed by atoms with van der Waals surface area (Å²) in [5.74, 6) is -0.146. The summed E-state index contributed by atoms with van der Waals surface area (Å²) in [6.07, 6.45) is 21.1. The lowest BCUT2D eigenvalue weighted by Gasteiger charge is -2.40. The molecule has 1 rings (SSSR count). The summed E-state index contributed by atoms with van der Waals surface area (Å²) in [7, 11) is 0. The molecule has 0 aliphatic carbocycles. The first kappa shape index (κ1) is 43.2. The number of rotatable bonds is 31. The molecule has 0 saturated carbocycles. The highest BCUT2D eigenvalue weighted by Crippen LogP contribution is 2.23. The van der Waals surface area contributed by atoms with Gasteiger partial charge in [-0.15, -0.1) is 0 Å². The largest absolute Gasteiger partial charge is 0.394 e. The van der Waals surface area contributed by atoms with E-state index < -0.39 is 49.5 Å². The number of carbonyl (C=O) groups is 1. The molecule has 0 aromatic heterocycles. The SMILES string of the molecule is CCCCCCCCCCCCCCCC(=O)N[C@@H](CO[C@@H]1O[C@H](CO)[C@@H](O)C(O)C1O)[C@H](O)CCCCCCCCCCCC. The lowest BCUT2D eigenvalue weighted by Crippen LogP contribution is -2.60. The van der Waals surface area contributed by atoms with Crippen LogP contribution in [0.1, 0.15) is 174 Å². The van der Waals surface area contributed by atoms with Gasteiger partial charge in [0.25, 0.3) is 0 Å². The Hall–Kier alpha value is -0.810. The Kier molecular flexibility index (Phi) is 27.4. The number of ether oxygens (including phenoxy) is 2. The Morgan fingerprint density at radius 2 is 1.09 bits per heavy atom. The average Bonchev–Trinajstić information content (AvgIpc) is 3.05. The van der Waals surface area contributed by atoms with E-state index in [0.717, 1.165) is 38.5 Å². The van der Waals surface area contributed by atoms with Crippen molar-refractivity contribution in [3.63, 3.8) is 0 Å². The van der Waals surface area contributed by atoms with Crippen molar-refractivity contribution in [3.8, 4) is 0 Å². The summed E-state index contributed by atoms with van der Waals surface area (Å²) in [5.41, 5.74) is 0. The highest BCUT2D eigenvalue weighted by molar-refractivity contribution is 5.76. The van der Waals surface area contributed by atoms with Crippen molar-refractivity contribution >= 4 is 5.91 Å². The first-order chi connectivity index (χ1) is 22.3. The summed E-state index contributed by atoms with van der Waals surface area (Å²) in [6.45, 7) is 3.80. The van der Waals surface area contributed by atoms with Gasteiger partial charge in [0.2, 0.25) is 5.91 Å². The fraction of sp³-hybridized carbons (Fsp3) is 0.973. The molecule has 1 heterocycles. The van der Waals surface area contributed by atoms with E-state index in [9.17, 15) is 30.3 Å². The standard InChI is InChI=1S/C37H73NO8/c1-3-5-7-9-11-13-15-16-17-19-21-23-25-27-33(41)38-30(29-45-37-36(44)35(43)34(42)32(28-39)46-37)31(40)26-24-22-20-18-14-12-10-8-6-4-2/h30-32,34-37,39-40,42-44H,3-29H2,1-2H3,(H,38,41)/t30-,31+,32+,34+,35?,36?,37+/m0/s1. The highest BCUT2D eigenvalue weighted by atomic mass is 16.7. The zero-order chi connectivity index (χ0) is 33.8. The third-order valence-corrected chi connectivity index (χ3v) is 9.46. The lowest BCUT2D eigenvalue weighted by molar-refractivity contribution is -0.302. The van der Waals surface area contributed by atoms with Gasteiger partial charge in [-0.05, 0) is 12.8 Å².